The Bertz CT molecular complexity index is 433. The number of rotatable bonds is 4. The fourth-order valence-corrected chi connectivity index (χ4v) is 1.71. The van der Waals surface area contributed by atoms with E-state index in [4.69, 9.17) is 0 Å². The van der Waals surface area contributed by atoms with Gasteiger partial charge in [0.1, 0.15) is 0 Å². The van der Waals surface area contributed by atoms with Gasteiger partial charge in [-0.05, 0) is 36.8 Å². The van der Waals surface area contributed by atoms with E-state index in [1.807, 2.05) is 24.5 Å². The summed E-state index contributed by atoms with van der Waals surface area (Å²) in [6.07, 6.45) is 5.72. The molecule has 16 heavy (non-hydrogen) atoms. The molecule has 3 heteroatoms. The quantitative estimate of drug-likeness (QED) is 0.848. The molecule has 0 aliphatic carbocycles. The van der Waals surface area contributed by atoms with Crippen LogP contribution in [-0.4, -0.2) is 9.55 Å². The molecule has 0 saturated heterocycles. The largest absolute Gasteiger partial charge is 0.353 e. The third-order valence-corrected chi connectivity index (χ3v) is 2.85. The molecule has 2 rings (SSSR count). The molecule has 84 valence electrons. The first-order chi connectivity index (χ1) is 7.77. The zero-order chi connectivity index (χ0) is 11.4. The Labute approximate surface area is 96.1 Å². The van der Waals surface area contributed by atoms with Gasteiger partial charge in [0.15, 0.2) is 0 Å². The van der Waals surface area contributed by atoms with Crippen LogP contribution in [0.5, 0.6) is 0 Å². The SMILES string of the molecule is C[C@H](NCc1cccn1C)c1ccncc1. The molecule has 0 radical (unpaired) electrons. The van der Waals surface area contributed by atoms with Gasteiger partial charge < -0.3 is 9.88 Å². The zero-order valence-electron chi connectivity index (χ0n) is 9.72. The van der Waals surface area contributed by atoms with Crippen LogP contribution < -0.4 is 5.32 Å². The summed E-state index contributed by atoms with van der Waals surface area (Å²) in [5.41, 5.74) is 2.56. The lowest BCUT2D eigenvalue weighted by molar-refractivity contribution is 0.557. The molecule has 0 saturated carbocycles. The summed E-state index contributed by atoms with van der Waals surface area (Å²) >= 11 is 0. The van der Waals surface area contributed by atoms with Crippen molar-refractivity contribution in [2.45, 2.75) is 19.5 Å². The van der Waals surface area contributed by atoms with E-state index in [1.54, 1.807) is 0 Å². The number of aromatic nitrogens is 2. The topological polar surface area (TPSA) is 29.9 Å². The maximum Gasteiger partial charge on any atom is 0.0364 e. The van der Waals surface area contributed by atoms with Gasteiger partial charge in [-0.25, -0.2) is 0 Å². The van der Waals surface area contributed by atoms with Gasteiger partial charge in [-0.15, -0.1) is 0 Å². The highest BCUT2D eigenvalue weighted by Crippen LogP contribution is 2.11. The van der Waals surface area contributed by atoms with E-state index in [-0.39, 0.29) is 0 Å². The number of nitrogens with one attached hydrogen (secondary N) is 1. The number of hydrogen-bond donors (Lipinski definition) is 1. The highest BCUT2D eigenvalue weighted by molar-refractivity contribution is 5.14. The maximum absolute atomic E-state index is 4.02. The molecule has 0 spiro atoms. The fourth-order valence-electron chi connectivity index (χ4n) is 1.71. The Morgan fingerprint density at radius 3 is 2.69 bits per heavy atom. The first-order valence-corrected chi connectivity index (χ1v) is 5.51. The van der Waals surface area contributed by atoms with Crippen molar-refractivity contribution in [3.63, 3.8) is 0 Å². The fraction of sp³-hybridized carbons (Fsp3) is 0.308. The summed E-state index contributed by atoms with van der Waals surface area (Å²) < 4.78 is 2.13. The van der Waals surface area contributed by atoms with E-state index in [2.05, 4.69) is 47.2 Å². The van der Waals surface area contributed by atoms with Crippen LogP contribution in [0.1, 0.15) is 24.2 Å². The van der Waals surface area contributed by atoms with Crippen LogP contribution in [-0.2, 0) is 13.6 Å². The second-order valence-corrected chi connectivity index (χ2v) is 3.99. The molecular weight excluding hydrogens is 198 g/mol. The van der Waals surface area contributed by atoms with Crippen LogP contribution in [0.15, 0.2) is 42.9 Å². The first-order valence-electron chi connectivity index (χ1n) is 5.51. The van der Waals surface area contributed by atoms with Crippen molar-refractivity contribution >= 4 is 0 Å². The minimum atomic E-state index is 0.345. The monoisotopic (exact) mass is 215 g/mol. The molecule has 0 aromatic carbocycles. The molecule has 0 aliphatic heterocycles. The molecule has 0 fully saturated rings. The second-order valence-electron chi connectivity index (χ2n) is 3.99. The van der Waals surface area contributed by atoms with Gasteiger partial charge in [0, 0.05) is 43.9 Å². The smallest absolute Gasteiger partial charge is 0.0364 e. The summed E-state index contributed by atoms with van der Waals surface area (Å²) in [6.45, 7) is 3.05. The average molecular weight is 215 g/mol. The Hall–Kier alpha value is -1.61. The van der Waals surface area contributed by atoms with E-state index in [9.17, 15) is 0 Å². The minimum Gasteiger partial charge on any atom is -0.353 e. The standard InChI is InChI=1S/C13H17N3/c1-11(12-5-7-14-8-6-12)15-10-13-4-3-9-16(13)2/h3-9,11,15H,10H2,1-2H3/t11-/m0/s1. The number of pyridine rings is 1. The molecule has 3 nitrogen and oxygen atoms in total. The Balaban J connectivity index is 1.94. The van der Waals surface area contributed by atoms with Crippen LogP contribution in [0.4, 0.5) is 0 Å². The molecule has 2 aromatic rings. The summed E-state index contributed by atoms with van der Waals surface area (Å²) in [7, 11) is 2.06. The molecular formula is C13H17N3. The zero-order valence-corrected chi connectivity index (χ0v) is 9.72. The van der Waals surface area contributed by atoms with E-state index < -0.39 is 0 Å². The van der Waals surface area contributed by atoms with Gasteiger partial charge in [-0.1, -0.05) is 0 Å². The summed E-state index contributed by atoms with van der Waals surface area (Å²) in [5.74, 6) is 0. The van der Waals surface area contributed by atoms with E-state index in [0.29, 0.717) is 6.04 Å². The molecule has 1 atom stereocenters. The highest BCUT2D eigenvalue weighted by Gasteiger charge is 2.04. The third kappa shape index (κ3) is 2.49. The lowest BCUT2D eigenvalue weighted by Gasteiger charge is -2.14. The predicted molar refractivity (Wildman–Crippen MR) is 64.9 cm³/mol. The average Bonchev–Trinajstić information content (AvgIpc) is 2.73. The van der Waals surface area contributed by atoms with Gasteiger partial charge >= 0.3 is 0 Å². The first kappa shape index (κ1) is 10.9. The second kappa shape index (κ2) is 4.94. The summed E-state index contributed by atoms with van der Waals surface area (Å²) in [6, 6.07) is 8.63. The van der Waals surface area contributed by atoms with Crippen molar-refractivity contribution in [3.05, 3.63) is 54.1 Å². The van der Waals surface area contributed by atoms with Crippen LogP contribution in [0.2, 0.25) is 0 Å². The van der Waals surface area contributed by atoms with Crippen molar-refractivity contribution in [1.29, 1.82) is 0 Å². The van der Waals surface area contributed by atoms with Crippen molar-refractivity contribution in [1.82, 2.24) is 14.9 Å². The number of nitrogens with zero attached hydrogens (tertiary/aromatic N) is 2. The molecule has 0 aliphatic rings. The van der Waals surface area contributed by atoms with Crippen molar-refractivity contribution < 1.29 is 0 Å². The van der Waals surface area contributed by atoms with Gasteiger partial charge in [-0.3, -0.25) is 4.98 Å². The number of hydrogen-bond acceptors (Lipinski definition) is 2. The Kier molecular flexibility index (Phi) is 3.37. The van der Waals surface area contributed by atoms with E-state index in [0.717, 1.165) is 6.54 Å². The molecule has 2 aromatic heterocycles. The number of aryl methyl sites for hydroxylation is 1. The predicted octanol–water partition coefficient (Wildman–Crippen LogP) is 2.27. The molecule has 2 heterocycles. The summed E-state index contributed by atoms with van der Waals surface area (Å²) in [5, 5.41) is 3.49. The van der Waals surface area contributed by atoms with Crippen LogP contribution in [0.25, 0.3) is 0 Å². The molecule has 1 N–H and O–H groups in total. The van der Waals surface area contributed by atoms with Gasteiger partial charge in [0.2, 0.25) is 0 Å². The van der Waals surface area contributed by atoms with Crippen LogP contribution >= 0.6 is 0 Å². The Morgan fingerprint density at radius 2 is 2.06 bits per heavy atom. The van der Waals surface area contributed by atoms with Crippen molar-refractivity contribution in [2.75, 3.05) is 0 Å². The Morgan fingerprint density at radius 1 is 1.31 bits per heavy atom. The molecule has 0 unspecified atom stereocenters. The van der Waals surface area contributed by atoms with Crippen molar-refractivity contribution in [3.8, 4) is 0 Å². The lowest BCUT2D eigenvalue weighted by Crippen LogP contribution is -2.19. The van der Waals surface area contributed by atoms with Crippen LogP contribution in [0, 0.1) is 0 Å². The molecule has 0 bridgehead atoms. The van der Waals surface area contributed by atoms with E-state index in [1.165, 1.54) is 11.3 Å². The highest BCUT2D eigenvalue weighted by atomic mass is 15.0. The maximum atomic E-state index is 4.02. The van der Waals surface area contributed by atoms with Crippen LogP contribution in [0.3, 0.4) is 0 Å². The van der Waals surface area contributed by atoms with Gasteiger partial charge in [0.05, 0.1) is 0 Å². The van der Waals surface area contributed by atoms with E-state index >= 15 is 0 Å². The summed E-state index contributed by atoms with van der Waals surface area (Å²) in [4.78, 5) is 4.02. The third-order valence-electron chi connectivity index (χ3n) is 2.85. The normalized spacial score (nSPS) is 12.6. The van der Waals surface area contributed by atoms with Crippen molar-refractivity contribution in [2.24, 2.45) is 7.05 Å². The lowest BCUT2D eigenvalue weighted by atomic mass is 10.1. The minimum absolute atomic E-state index is 0.345. The van der Waals surface area contributed by atoms with Gasteiger partial charge in [-0.2, -0.15) is 0 Å². The molecule has 0 amide bonds. The van der Waals surface area contributed by atoms with Gasteiger partial charge in [0.25, 0.3) is 0 Å².